The van der Waals surface area contributed by atoms with Crippen molar-refractivity contribution in [3.05, 3.63) is 65.5 Å². The predicted molar refractivity (Wildman–Crippen MR) is 97.4 cm³/mol. The van der Waals surface area contributed by atoms with Crippen molar-refractivity contribution in [2.24, 2.45) is 0 Å². The fraction of sp³-hybridized carbons (Fsp3) is 0.222. The van der Waals surface area contributed by atoms with Gasteiger partial charge in [0.1, 0.15) is 0 Å². The zero-order valence-electron chi connectivity index (χ0n) is 14.2. The average Bonchev–Trinajstić information content (AvgIpc) is 2.60. The van der Waals surface area contributed by atoms with E-state index < -0.39 is 10.0 Å². The van der Waals surface area contributed by atoms with Crippen LogP contribution in [0.2, 0.25) is 0 Å². The van der Waals surface area contributed by atoms with Crippen molar-refractivity contribution in [3.63, 3.8) is 0 Å². The summed E-state index contributed by atoms with van der Waals surface area (Å²) < 4.78 is 27.1. The molecule has 0 unspecified atom stereocenters. The lowest BCUT2D eigenvalue weighted by atomic mass is 10.2. The summed E-state index contributed by atoms with van der Waals surface area (Å²) in [6.07, 6.45) is 6.32. The Labute approximate surface area is 148 Å². The summed E-state index contributed by atoms with van der Waals surface area (Å²) in [5.41, 5.74) is 2.37. The summed E-state index contributed by atoms with van der Waals surface area (Å²) in [6, 6.07) is 8.87. The maximum Gasteiger partial charge on any atom is 0.244 e. The highest BCUT2D eigenvalue weighted by Gasteiger charge is 2.16. The SMILES string of the molecule is Cc1ccc(C)c(S(=O)(=O)NCCNC(=O)/C=C/c2cccnc2)c1. The first-order chi connectivity index (χ1) is 11.9. The predicted octanol–water partition coefficient (Wildman–Crippen LogP) is 1.81. The lowest BCUT2D eigenvalue weighted by molar-refractivity contribution is -0.116. The highest BCUT2D eigenvalue weighted by Crippen LogP contribution is 2.16. The molecule has 1 amide bonds. The van der Waals surface area contributed by atoms with Crippen LogP contribution >= 0.6 is 0 Å². The van der Waals surface area contributed by atoms with Gasteiger partial charge in [-0.25, -0.2) is 13.1 Å². The molecule has 7 heteroatoms. The Morgan fingerprint density at radius 2 is 2.00 bits per heavy atom. The number of carbonyl (C=O) groups excluding carboxylic acids is 1. The quantitative estimate of drug-likeness (QED) is 0.583. The molecule has 6 nitrogen and oxygen atoms in total. The molecule has 0 radical (unpaired) electrons. The maximum atomic E-state index is 12.3. The lowest BCUT2D eigenvalue weighted by Crippen LogP contribution is -2.34. The largest absolute Gasteiger partial charge is 0.351 e. The van der Waals surface area contributed by atoms with Gasteiger partial charge in [0.15, 0.2) is 0 Å². The topological polar surface area (TPSA) is 88.2 Å². The molecule has 132 valence electrons. The highest BCUT2D eigenvalue weighted by molar-refractivity contribution is 7.89. The minimum absolute atomic E-state index is 0.113. The zero-order chi connectivity index (χ0) is 18.3. The molecular weight excluding hydrogens is 338 g/mol. The number of benzene rings is 1. The number of pyridine rings is 1. The van der Waals surface area contributed by atoms with Gasteiger partial charge in [0.05, 0.1) is 4.90 Å². The molecule has 1 heterocycles. The summed E-state index contributed by atoms with van der Waals surface area (Å²) in [7, 11) is -3.59. The Morgan fingerprint density at radius 3 is 2.72 bits per heavy atom. The van der Waals surface area contributed by atoms with Gasteiger partial charge >= 0.3 is 0 Å². The minimum atomic E-state index is -3.59. The van der Waals surface area contributed by atoms with Gasteiger partial charge < -0.3 is 5.32 Å². The van der Waals surface area contributed by atoms with E-state index in [2.05, 4.69) is 15.0 Å². The number of aromatic nitrogens is 1. The van der Waals surface area contributed by atoms with Crippen LogP contribution in [0.4, 0.5) is 0 Å². The molecule has 1 aromatic carbocycles. The van der Waals surface area contributed by atoms with E-state index >= 15 is 0 Å². The molecule has 0 saturated carbocycles. The molecule has 2 aromatic rings. The zero-order valence-corrected chi connectivity index (χ0v) is 15.0. The Kier molecular flexibility index (Phi) is 6.44. The van der Waals surface area contributed by atoms with Crippen LogP contribution in [0.5, 0.6) is 0 Å². The van der Waals surface area contributed by atoms with Gasteiger partial charge in [-0.1, -0.05) is 18.2 Å². The van der Waals surface area contributed by atoms with Crippen LogP contribution < -0.4 is 10.0 Å². The first kappa shape index (κ1) is 18.8. The second-order valence-corrected chi connectivity index (χ2v) is 7.31. The van der Waals surface area contributed by atoms with E-state index in [9.17, 15) is 13.2 Å². The Bertz CT molecular complexity index is 862. The first-order valence-corrected chi connectivity index (χ1v) is 9.30. The number of sulfonamides is 1. The Balaban J connectivity index is 1.83. The lowest BCUT2D eigenvalue weighted by Gasteiger charge is -2.10. The average molecular weight is 359 g/mol. The van der Waals surface area contributed by atoms with Crippen molar-refractivity contribution in [2.75, 3.05) is 13.1 Å². The van der Waals surface area contributed by atoms with E-state index in [1.165, 1.54) is 6.08 Å². The van der Waals surface area contributed by atoms with Crippen LogP contribution in [0.25, 0.3) is 6.08 Å². The molecule has 0 aliphatic carbocycles. The summed E-state index contributed by atoms with van der Waals surface area (Å²) in [4.78, 5) is 15.9. The molecule has 1 aromatic heterocycles. The standard InChI is InChI=1S/C18H21N3O3S/c1-14-5-6-15(2)17(12-14)25(23,24)21-11-10-20-18(22)8-7-16-4-3-9-19-13-16/h3-9,12-13,21H,10-11H2,1-2H3,(H,20,22)/b8-7+. The van der Waals surface area contributed by atoms with Crippen LogP contribution in [0.15, 0.2) is 53.7 Å². The summed E-state index contributed by atoms with van der Waals surface area (Å²) in [5, 5.41) is 2.63. The van der Waals surface area contributed by atoms with Gasteiger partial charge in [0.2, 0.25) is 15.9 Å². The third-order valence-electron chi connectivity index (χ3n) is 3.46. The highest BCUT2D eigenvalue weighted by atomic mass is 32.2. The number of hydrogen-bond donors (Lipinski definition) is 2. The van der Waals surface area contributed by atoms with Crippen LogP contribution in [-0.2, 0) is 14.8 Å². The van der Waals surface area contributed by atoms with E-state index in [1.54, 1.807) is 43.6 Å². The second-order valence-electron chi connectivity index (χ2n) is 5.58. The summed E-state index contributed by atoms with van der Waals surface area (Å²) in [5.74, 6) is -0.296. The van der Waals surface area contributed by atoms with Gasteiger partial charge in [0.25, 0.3) is 0 Å². The maximum absolute atomic E-state index is 12.3. The van der Waals surface area contributed by atoms with Crippen molar-refractivity contribution in [1.82, 2.24) is 15.0 Å². The van der Waals surface area contributed by atoms with E-state index in [-0.39, 0.29) is 23.9 Å². The molecule has 2 rings (SSSR count). The normalized spacial score (nSPS) is 11.6. The van der Waals surface area contributed by atoms with Gasteiger partial charge in [-0.15, -0.1) is 0 Å². The van der Waals surface area contributed by atoms with Crippen molar-refractivity contribution in [2.45, 2.75) is 18.7 Å². The monoisotopic (exact) mass is 359 g/mol. The third-order valence-corrected chi connectivity index (χ3v) is 5.06. The fourth-order valence-corrected chi connectivity index (χ4v) is 3.51. The van der Waals surface area contributed by atoms with Crippen LogP contribution in [0.1, 0.15) is 16.7 Å². The first-order valence-electron chi connectivity index (χ1n) is 7.81. The molecule has 0 saturated heterocycles. The van der Waals surface area contributed by atoms with E-state index in [0.717, 1.165) is 11.1 Å². The van der Waals surface area contributed by atoms with Crippen LogP contribution in [0.3, 0.4) is 0 Å². The van der Waals surface area contributed by atoms with Gasteiger partial charge in [-0.3, -0.25) is 9.78 Å². The summed E-state index contributed by atoms with van der Waals surface area (Å²) in [6.45, 7) is 3.90. The van der Waals surface area contributed by atoms with Crippen molar-refractivity contribution < 1.29 is 13.2 Å². The van der Waals surface area contributed by atoms with E-state index in [4.69, 9.17) is 0 Å². The molecule has 0 aliphatic rings. The second kappa shape index (κ2) is 8.55. The van der Waals surface area contributed by atoms with Gasteiger partial charge in [-0.2, -0.15) is 0 Å². The van der Waals surface area contributed by atoms with E-state index in [0.29, 0.717) is 5.56 Å². The Morgan fingerprint density at radius 1 is 1.20 bits per heavy atom. The molecule has 0 aliphatic heterocycles. The number of nitrogens with zero attached hydrogens (tertiary/aromatic N) is 1. The molecule has 0 bridgehead atoms. The molecule has 0 spiro atoms. The summed E-state index contributed by atoms with van der Waals surface area (Å²) >= 11 is 0. The number of carbonyl (C=O) groups is 1. The van der Waals surface area contributed by atoms with Crippen LogP contribution in [0, 0.1) is 13.8 Å². The third kappa shape index (κ3) is 5.81. The molecule has 0 fully saturated rings. The number of nitrogens with one attached hydrogen (secondary N) is 2. The Hall–Kier alpha value is -2.51. The van der Waals surface area contributed by atoms with Gasteiger partial charge in [-0.05, 0) is 48.7 Å². The van der Waals surface area contributed by atoms with E-state index in [1.807, 2.05) is 19.1 Å². The molecular formula is C18H21N3O3S. The number of hydrogen-bond acceptors (Lipinski definition) is 4. The van der Waals surface area contributed by atoms with Crippen molar-refractivity contribution >= 4 is 22.0 Å². The minimum Gasteiger partial charge on any atom is -0.351 e. The van der Waals surface area contributed by atoms with Crippen molar-refractivity contribution in [3.8, 4) is 0 Å². The fourth-order valence-electron chi connectivity index (χ4n) is 2.15. The smallest absolute Gasteiger partial charge is 0.244 e. The van der Waals surface area contributed by atoms with Crippen molar-refractivity contribution in [1.29, 1.82) is 0 Å². The number of rotatable bonds is 7. The van der Waals surface area contributed by atoms with Gasteiger partial charge in [0, 0.05) is 31.6 Å². The molecule has 2 N–H and O–H groups in total. The molecule has 0 atom stereocenters. The van der Waals surface area contributed by atoms with Crippen LogP contribution in [-0.4, -0.2) is 32.4 Å². The molecule has 25 heavy (non-hydrogen) atoms. The number of aryl methyl sites for hydroxylation is 2. The number of amides is 1.